The molecule has 3 nitrogen and oxygen atoms in total. The molecule has 0 bridgehead atoms. The molecule has 2 rings (SSSR count). The number of aryl methyl sites for hydroxylation is 1. The second-order valence-electron chi connectivity index (χ2n) is 5.81. The van der Waals surface area contributed by atoms with Crippen molar-refractivity contribution in [3.8, 4) is 5.75 Å². The predicted molar refractivity (Wildman–Crippen MR) is 78.5 cm³/mol. The van der Waals surface area contributed by atoms with Crippen molar-refractivity contribution in [2.75, 3.05) is 7.11 Å². The number of pyridine rings is 1. The average Bonchev–Trinajstić information content (AvgIpc) is 2.43. The number of aromatic nitrogens is 1. The summed E-state index contributed by atoms with van der Waals surface area (Å²) >= 11 is 0. The van der Waals surface area contributed by atoms with Crippen LogP contribution in [0.3, 0.4) is 0 Å². The standard InChI is InChI=1S/C16H26N2O/c1-11-10-18-15(12(2)16(11)19-3)9-14(17)13-7-5-4-6-8-13/h10,13-14H,4-9,17H2,1-3H3. The van der Waals surface area contributed by atoms with Gasteiger partial charge in [-0.05, 0) is 32.6 Å². The second-order valence-corrected chi connectivity index (χ2v) is 5.81. The first-order valence-electron chi connectivity index (χ1n) is 7.38. The van der Waals surface area contributed by atoms with Crippen LogP contribution in [-0.2, 0) is 6.42 Å². The molecule has 1 saturated carbocycles. The molecule has 3 heteroatoms. The van der Waals surface area contributed by atoms with Gasteiger partial charge in [0.15, 0.2) is 0 Å². The Hall–Kier alpha value is -1.09. The van der Waals surface area contributed by atoms with Crippen LogP contribution < -0.4 is 10.5 Å². The maximum atomic E-state index is 6.40. The first kappa shape index (κ1) is 14.3. The number of hydrogen-bond acceptors (Lipinski definition) is 3. The summed E-state index contributed by atoms with van der Waals surface area (Å²) in [5.74, 6) is 1.63. The van der Waals surface area contributed by atoms with E-state index in [1.807, 2.05) is 13.1 Å². The fourth-order valence-corrected chi connectivity index (χ4v) is 3.23. The largest absolute Gasteiger partial charge is 0.496 e. The van der Waals surface area contributed by atoms with Crippen LogP contribution in [-0.4, -0.2) is 18.1 Å². The molecule has 19 heavy (non-hydrogen) atoms. The minimum Gasteiger partial charge on any atom is -0.496 e. The van der Waals surface area contributed by atoms with E-state index in [0.29, 0.717) is 5.92 Å². The van der Waals surface area contributed by atoms with E-state index in [4.69, 9.17) is 10.5 Å². The van der Waals surface area contributed by atoms with Crippen molar-refractivity contribution < 1.29 is 4.74 Å². The minimum absolute atomic E-state index is 0.235. The molecule has 0 aromatic carbocycles. The van der Waals surface area contributed by atoms with Gasteiger partial charge in [-0.3, -0.25) is 4.98 Å². The molecule has 1 fully saturated rings. The third-order valence-corrected chi connectivity index (χ3v) is 4.43. The van der Waals surface area contributed by atoms with Crippen LogP contribution in [0.2, 0.25) is 0 Å². The Morgan fingerprint density at radius 3 is 2.63 bits per heavy atom. The molecule has 0 radical (unpaired) electrons. The first-order valence-corrected chi connectivity index (χ1v) is 7.38. The zero-order chi connectivity index (χ0) is 13.8. The zero-order valence-electron chi connectivity index (χ0n) is 12.4. The van der Waals surface area contributed by atoms with E-state index in [1.165, 1.54) is 32.1 Å². The number of methoxy groups -OCH3 is 1. The Morgan fingerprint density at radius 2 is 2.00 bits per heavy atom. The Labute approximate surface area is 116 Å². The molecule has 0 aliphatic heterocycles. The molecule has 1 aliphatic rings. The molecular weight excluding hydrogens is 236 g/mol. The fraction of sp³-hybridized carbons (Fsp3) is 0.688. The van der Waals surface area contributed by atoms with Gasteiger partial charge in [-0.15, -0.1) is 0 Å². The quantitative estimate of drug-likeness (QED) is 0.906. The van der Waals surface area contributed by atoms with Gasteiger partial charge in [-0.25, -0.2) is 0 Å². The van der Waals surface area contributed by atoms with Crippen LogP contribution in [0.25, 0.3) is 0 Å². The molecule has 1 heterocycles. The van der Waals surface area contributed by atoms with Crippen LogP contribution >= 0.6 is 0 Å². The highest BCUT2D eigenvalue weighted by atomic mass is 16.5. The van der Waals surface area contributed by atoms with Crippen LogP contribution in [0.15, 0.2) is 6.20 Å². The van der Waals surface area contributed by atoms with Crippen molar-refractivity contribution >= 4 is 0 Å². The maximum Gasteiger partial charge on any atom is 0.128 e. The summed E-state index contributed by atoms with van der Waals surface area (Å²) in [6.07, 6.45) is 9.37. The van der Waals surface area contributed by atoms with Crippen molar-refractivity contribution in [1.82, 2.24) is 4.98 Å². The lowest BCUT2D eigenvalue weighted by molar-refractivity contribution is 0.301. The molecule has 1 unspecified atom stereocenters. The van der Waals surface area contributed by atoms with Gasteiger partial charge in [0, 0.05) is 35.5 Å². The van der Waals surface area contributed by atoms with Crippen molar-refractivity contribution in [3.05, 3.63) is 23.0 Å². The smallest absolute Gasteiger partial charge is 0.128 e. The number of nitrogens with zero attached hydrogens (tertiary/aromatic N) is 1. The molecule has 2 N–H and O–H groups in total. The van der Waals surface area contributed by atoms with Gasteiger partial charge in [0.25, 0.3) is 0 Å². The minimum atomic E-state index is 0.235. The van der Waals surface area contributed by atoms with Gasteiger partial charge in [0.1, 0.15) is 5.75 Å². The predicted octanol–water partition coefficient (Wildman–Crippen LogP) is 3.16. The normalized spacial score (nSPS) is 18.3. The average molecular weight is 262 g/mol. The van der Waals surface area contributed by atoms with Gasteiger partial charge < -0.3 is 10.5 Å². The Balaban J connectivity index is 2.10. The van der Waals surface area contributed by atoms with Crippen LogP contribution in [0, 0.1) is 19.8 Å². The topological polar surface area (TPSA) is 48.1 Å². The highest BCUT2D eigenvalue weighted by Gasteiger charge is 2.22. The Kier molecular flexibility index (Phi) is 4.81. The van der Waals surface area contributed by atoms with Gasteiger partial charge in [0.05, 0.1) is 7.11 Å². The third-order valence-electron chi connectivity index (χ3n) is 4.43. The number of nitrogens with two attached hydrogens (primary N) is 1. The summed E-state index contributed by atoms with van der Waals surface area (Å²) in [6.45, 7) is 4.12. The van der Waals surface area contributed by atoms with Gasteiger partial charge in [-0.2, -0.15) is 0 Å². The molecule has 0 spiro atoms. The third kappa shape index (κ3) is 3.27. The SMILES string of the molecule is COc1c(C)cnc(CC(N)C2CCCCC2)c1C. The lowest BCUT2D eigenvalue weighted by atomic mass is 9.82. The summed E-state index contributed by atoms with van der Waals surface area (Å²) in [7, 11) is 1.72. The molecule has 0 saturated heterocycles. The van der Waals surface area contributed by atoms with Crippen molar-refractivity contribution in [2.45, 2.75) is 58.4 Å². The number of ether oxygens (including phenoxy) is 1. The van der Waals surface area contributed by atoms with Gasteiger partial charge in [-0.1, -0.05) is 19.3 Å². The molecular formula is C16H26N2O. The Bertz CT molecular complexity index is 425. The number of rotatable bonds is 4. The van der Waals surface area contributed by atoms with E-state index >= 15 is 0 Å². The van der Waals surface area contributed by atoms with Crippen LogP contribution in [0.1, 0.15) is 48.9 Å². The van der Waals surface area contributed by atoms with Crippen LogP contribution in [0.4, 0.5) is 0 Å². The van der Waals surface area contributed by atoms with E-state index < -0.39 is 0 Å². The molecule has 106 valence electrons. The van der Waals surface area contributed by atoms with E-state index in [-0.39, 0.29) is 6.04 Å². The lowest BCUT2D eigenvalue weighted by Gasteiger charge is -2.27. The Morgan fingerprint density at radius 1 is 1.32 bits per heavy atom. The number of hydrogen-bond donors (Lipinski definition) is 1. The van der Waals surface area contributed by atoms with E-state index in [9.17, 15) is 0 Å². The molecule has 1 aliphatic carbocycles. The lowest BCUT2D eigenvalue weighted by Crippen LogP contribution is -2.34. The first-order chi connectivity index (χ1) is 9.13. The summed E-state index contributed by atoms with van der Waals surface area (Å²) in [4.78, 5) is 4.56. The summed E-state index contributed by atoms with van der Waals surface area (Å²) in [6, 6.07) is 0.235. The van der Waals surface area contributed by atoms with E-state index in [1.54, 1.807) is 7.11 Å². The summed E-state index contributed by atoms with van der Waals surface area (Å²) < 4.78 is 5.46. The van der Waals surface area contributed by atoms with Gasteiger partial charge in [0.2, 0.25) is 0 Å². The van der Waals surface area contributed by atoms with Crippen molar-refractivity contribution in [2.24, 2.45) is 11.7 Å². The maximum absolute atomic E-state index is 6.40. The second kappa shape index (κ2) is 6.38. The van der Waals surface area contributed by atoms with Crippen molar-refractivity contribution in [1.29, 1.82) is 0 Å². The van der Waals surface area contributed by atoms with E-state index in [2.05, 4.69) is 11.9 Å². The molecule has 1 atom stereocenters. The fourth-order valence-electron chi connectivity index (χ4n) is 3.23. The van der Waals surface area contributed by atoms with Crippen LogP contribution in [0.5, 0.6) is 5.75 Å². The van der Waals surface area contributed by atoms with Crippen molar-refractivity contribution in [3.63, 3.8) is 0 Å². The highest BCUT2D eigenvalue weighted by molar-refractivity contribution is 5.41. The summed E-state index contributed by atoms with van der Waals surface area (Å²) in [5.41, 5.74) is 9.74. The molecule has 0 amide bonds. The monoisotopic (exact) mass is 262 g/mol. The molecule has 1 aromatic heterocycles. The zero-order valence-corrected chi connectivity index (χ0v) is 12.4. The van der Waals surface area contributed by atoms with E-state index in [0.717, 1.165) is 29.0 Å². The highest BCUT2D eigenvalue weighted by Crippen LogP contribution is 2.29. The summed E-state index contributed by atoms with van der Waals surface area (Å²) in [5, 5.41) is 0. The molecule has 1 aromatic rings. The van der Waals surface area contributed by atoms with Gasteiger partial charge >= 0.3 is 0 Å².